The van der Waals surface area contributed by atoms with Gasteiger partial charge in [-0.05, 0) is 26.0 Å². The molecule has 8 heteroatoms. The van der Waals surface area contributed by atoms with E-state index in [1.165, 1.54) is 0 Å². The van der Waals surface area contributed by atoms with Gasteiger partial charge in [-0.2, -0.15) is 5.10 Å². The number of fused-ring (bicyclic) bond motifs is 1. The lowest BCUT2D eigenvalue weighted by atomic mass is 10.1. The Morgan fingerprint density at radius 2 is 2.22 bits per heavy atom. The number of H-pyrrole nitrogens is 1. The van der Waals surface area contributed by atoms with Gasteiger partial charge in [-0.1, -0.05) is 0 Å². The van der Waals surface area contributed by atoms with Crippen molar-refractivity contribution in [3.8, 4) is 11.5 Å². The SMILES string of the molecule is [C-]#[N+]C1(c2cc(N3CCOC[C@H]3C)nn3c(-c4cc(C)[nH]n4)ncc23)CC1. The highest BCUT2D eigenvalue weighted by Gasteiger charge is 2.54. The molecule has 3 aromatic rings. The smallest absolute Gasteiger partial charge is 0.260 e. The lowest BCUT2D eigenvalue weighted by Gasteiger charge is -2.34. The number of aromatic nitrogens is 5. The molecule has 0 bridgehead atoms. The maximum Gasteiger partial charge on any atom is 0.260 e. The Morgan fingerprint density at radius 3 is 2.89 bits per heavy atom. The number of ether oxygens (including phenoxy) is 1. The first-order valence-corrected chi connectivity index (χ1v) is 9.26. The zero-order valence-electron chi connectivity index (χ0n) is 15.4. The highest BCUT2D eigenvalue weighted by atomic mass is 16.5. The van der Waals surface area contributed by atoms with Crippen molar-refractivity contribution >= 4 is 11.3 Å². The summed E-state index contributed by atoms with van der Waals surface area (Å²) in [4.78, 5) is 10.8. The van der Waals surface area contributed by atoms with Crippen LogP contribution in [0.15, 0.2) is 18.3 Å². The fraction of sp³-hybridized carbons (Fsp3) is 0.474. The van der Waals surface area contributed by atoms with Gasteiger partial charge < -0.3 is 14.5 Å². The van der Waals surface area contributed by atoms with Gasteiger partial charge in [-0.3, -0.25) is 5.10 Å². The van der Waals surface area contributed by atoms with Crippen molar-refractivity contribution in [1.82, 2.24) is 24.8 Å². The minimum Gasteiger partial charge on any atom is -0.377 e. The van der Waals surface area contributed by atoms with Crippen LogP contribution in [0.5, 0.6) is 0 Å². The van der Waals surface area contributed by atoms with E-state index in [1.807, 2.05) is 23.7 Å². The van der Waals surface area contributed by atoms with E-state index < -0.39 is 5.54 Å². The minimum atomic E-state index is -0.437. The fourth-order valence-electron chi connectivity index (χ4n) is 3.81. The molecule has 0 aromatic carbocycles. The molecule has 1 aliphatic carbocycles. The van der Waals surface area contributed by atoms with Crippen LogP contribution in [0.2, 0.25) is 0 Å². The van der Waals surface area contributed by atoms with Gasteiger partial charge in [-0.25, -0.2) is 16.1 Å². The second-order valence-corrected chi connectivity index (χ2v) is 7.49. The molecule has 0 spiro atoms. The number of aryl methyl sites for hydroxylation is 1. The zero-order chi connectivity index (χ0) is 18.6. The molecule has 8 nitrogen and oxygen atoms in total. The van der Waals surface area contributed by atoms with Crippen LogP contribution in [0, 0.1) is 13.5 Å². The molecule has 3 aromatic heterocycles. The van der Waals surface area contributed by atoms with Crippen LogP contribution >= 0.6 is 0 Å². The summed E-state index contributed by atoms with van der Waals surface area (Å²) in [7, 11) is 0. The number of imidazole rings is 1. The lowest BCUT2D eigenvalue weighted by molar-refractivity contribution is 0.0984. The van der Waals surface area contributed by atoms with E-state index in [9.17, 15) is 0 Å². The molecule has 0 radical (unpaired) electrons. The van der Waals surface area contributed by atoms with Gasteiger partial charge in [0.15, 0.2) is 11.6 Å². The van der Waals surface area contributed by atoms with Crippen LogP contribution in [0.25, 0.3) is 21.9 Å². The third-order valence-corrected chi connectivity index (χ3v) is 5.53. The first kappa shape index (κ1) is 16.3. The van der Waals surface area contributed by atoms with Gasteiger partial charge in [0.1, 0.15) is 5.69 Å². The maximum atomic E-state index is 7.73. The summed E-state index contributed by atoms with van der Waals surface area (Å²) in [6, 6.07) is 4.28. The Labute approximate surface area is 157 Å². The van der Waals surface area contributed by atoms with Crippen molar-refractivity contribution in [1.29, 1.82) is 0 Å². The van der Waals surface area contributed by atoms with Gasteiger partial charge >= 0.3 is 0 Å². The van der Waals surface area contributed by atoms with E-state index in [2.05, 4.69) is 37.9 Å². The van der Waals surface area contributed by atoms with Crippen molar-refractivity contribution in [2.24, 2.45) is 0 Å². The van der Waals surface area contributed by atoms with Crippen LogP contribution in [0.4, 0.5) is 5.82 Å². The standard InChI is InChI=1S/C19H21N7O/c1-12-8-15(23-22-12)18-21-10-16-14(19(20-3)4-5-19)9-17(24-26(16)18)25-6-7-27-11-13(25)2/h8-10,13H,4-7,11H2,1-2H3,(H,22,23)/t13-/m1/s1. The Balaban J connectivity index is 1.73. The molecule has 0 unspecified atom stereocenters. The Kier molecular flexibility index (Phi) is 3.49. The third-order valence-electron chi connectivity index (χ3n) is 5.53. The molecule has 5 rings (SSSR count). The molecule has 1 N–H and O–H groups in total. The third kappa shape index (κ3) is 2.50. The summed E-state index contributed by atoms with van der Waals surface area (Å²) in [6.45, 7) is 14.0. The lowest BCUT2D eigenvalue weighted by Crippen LogP contribution is -2.44. The molecule has 27 heavy (non-hydrogen) atoms. The average molecular weight is 363 g/mol. The van der Waals surface area contributed by atoms with Gasteiger partial charge in [-0.15, -0.1) is 5.10 Å². The summed E-state index contributed by atoms with van der Waals surface area (Å²) in [5, 5.41) is 12.2. The minimum absolute atomic E-state index is 0.235. The Hall–Kier alpha value is -2.92. The average Bonchev–Trinajstić information content (AvgIpc) is 3.18. The molecule has 138 valence electrons. The molecule has 2 aliphatic rings. The normalized spacial score (nSPS) is 21.4. The highest BCUT2D eigenvalue weighted by Crippen LogP contribution is 2.51. The van der Waals surface area contributed by atoms with Crippen LogP contribution in [-0.4, -0.2) is 50.6 Å². The molecule has 4 heterocycles. The number of nitrogens with one attached hydrogen (secondary N) is 1. The number of hydrogen-bond donors (Lipinski definition) is 1. The molecule has 2 fully saturated rings. The zero-order valence-corrected chi connectivity index (χ0v) is 15.4. The molecule has 0 amide bonds. The van der Waals surface area contributed by atoms with E-state index in [-0.39, 0.29) is 6.04 Å². The fourth-order valence-corrected chi connectivity index (χ4v) is 3.81. The van der Waals surface area contributed by atoms with Crippen LogP contribution in [0.3, 0.4) is 0 Å². The van der Waals surface area contributed by atoms with Crippen LogP contribution in [0.1, 0.15) is 31.0 Å². The van der Waals surface area contributed by atoms with E-state index in [0.717, 1.165) is 47.7 Å². The summed E-state index contributed by atoms with van der Waals surface area (Å²) in [5.74, 6) is 1.56. The monoisotopic (exact) mass is 363 g/mol. The van der Waals surface area contributed by atoms with Crippen molar-refractivity contribution < 1.29 is 4.74 Å². The predicted octanol–water partition coefficient (Wildman–Crippen LogP) is 2.56. The van der Waals surface area contributed by atoms with Crippen molar-refractivity contribution in [2.45, 2.75) is 38.3 Å². The van der Waals surface area contributed by atoms with Crippen LogP contribution < -0.4 is 4.90 Å². The molecule has 1 saturated carbocycles. The number of rotatable bonds is 3. The summed E-state index contributed by atoms with van der Waals surface area (Å²) < 4.78 is 7.44. The summed E-state index contributed by atoms with van der Waals surface area (Å²) >= 11 is 0. The Bertz CT molecular complexity index is 1060. The molecular weight excluding hydrogens is 342 g/mol. The van der Waals surface area contributed by atoms with E-state index in [0.29, 0.717) is 19.0 Å². The predicted molar refractivity (Wildman–Crippen MR) is 100 cm³/mol. The van der Waals surface area contributed by atoms with Crippen molar-refractivity contribution in [3.63, 3.8) is 0 Å². The van der Waals surface area contributed by atoms with Gasteiger partial charge in [0, 0.05) is 25.1 Å². The number of morpholine rings is 1. The van der Waals surface area contributed by atoms with Gasteiger partial charge in [0.2, 0.25) is 0 Å². The van der Waals surface area contributed by atoms with E-state index in [4.69, 9.17) is 16.4 Å². The van der Waals surface area contributed by atoms with Gasteiger partial charge in [0.05, 0.1) is 36.5 Å². The van der Waals surface area contributed by atoms with E-state index in [1.54, 1.807) is 0 Å². The number of anilines is 1. The maximum absolute atomic E-state index is 7.73. The largest absolute Gasteiger partial charge is 0.377 e. The number of hydrogen-bond acceptors (Lipinski definition) is 5. The number of aromatic amines is 1. The molecule has 1 aliphatic heterocycles. The quantitative estimate of drug-likeness (QED) is 0.724. The second-order valence-electron chi connectivity index (χ2n) is 7.49. The summed E-state index contributed by atoms with van der Waals surface area (Å²) in [5.41, 5.74) is 3.20. The Morgan fingerprint density at radius 1 is 1.37 bits per heavy atom. The second kappa shape index (κ2) is 5.79. The van der Waals surface area contributed by atoms with Gasteiger partial charge in [0.25, 0.3) is 5.54 Å². The van der Waals surface area contributed by atoms with Crippen molar-refractivity contribution in [3.05, 3.63) is 41.0 Å². The summed E-state index contributed by atoms with van der Waals surface area (Å²) in [6.07, 6.45) is 3.59. The van der Waals surface area contributed by atoms with Crippen molar-refractivity contribution in [2.75, 3.05) is 24.7 Å². The first-order chi connectivity index (χ1) is 13.1. The highest BCUT2D eigenvalue weighted by molar-refractivity contribution is 5.68. The molecular formula is C19H21N7O. The first-order valence-electron chi connectivity index (χ1n) is 9.26. The van der Waals surface area contributed by atoms with Crippen LogP contribution in [-0.2, 0) is 10.3 Å². The topological polar surface area (TPSA) is 75.7 Å². The van der Waals surface area contributed by atoms with E-state index >= 15 is 0 Å². The number of nitrogens with zero attached hydrogens (tertiary/aromatic N) is 6. The molecule has 1 atom stereocenters. The molecule has 1 saturated heterocycles.